The number of hydrogen-bond donors (Lipinski definition) is 1. The van der Waals surface area contributed by atoms with E-state index in [4.69, 9.17) is 0 Å². The van der Waals surface area contributed by atoms with E-state index < -0.39 is 0 Å². The first-order chi connectivity index (χ1) is 14.4. The number of nitrogens with one attached hydrogen (secondary N) is 1. The minimum absolute atomic E-state index is 1.16. The lowest BCUT2D eigenvalue weighted by atomic mass is 10.0. The largest absolute Gasteiger partial charge is 0.391 e. The number of rotatable bonds is 25. The van der Waals surface area contributed by atoms with Gasteiger partial charge in [0.2, 0.25) is 0 Å². The Balaban J connectivity index is 3.05. The van der Waals surface area contributed by atoms with E-state index in [1.165, 1.54) is 148 Å². The summed E-state index contributed by atoms with van der Waals surface area (Å²) >= 11 is 0. The first-order valence-electron chi connectivity index (χ1n) is 13.8. The van der Waals surface area contributed by atoms with Crippen molar-refractivity contribution in [1.29, 1.82) is 0 Å². The lowest BCUT2D eigenvalue weighted by Gasteiger charge is -2.03. The summed E-state index contributed by atoms with van der Waals surface area (Å²) in [6.07, 6.45) is 37.3. The molecule has 0 spiro atoms. The van der Waals surface area contributed by atoms with Crippen LogP contribution in [-0.4, -0.2) is 6.54 Å². The molecule has 0 atom stereocenters. The zero-order valence-electron chi connectivity index (χ0n) is 20.6. The predicted molar refractivity (Wildman–Crippen MR) is 135 cm³/mol. The van der Waals surface area contributed by atoms with Crippen LogP contribution in [0.1, 0.15) is 162 Å². The number of unbranched alkanes of at least 4 members (excludes halogenated alkanes) is 21. The Morgan fingerprint density at radius 3 is 1.17 bits per heavy atom. The van der Waals surface area contributed by atoms with Crippen LogP contribution in [0.3, 0.4) is 0 Å². The van der Waals surface area contributed by atoms with Gasteiger partial charge in [-0.1, -0.05) is 148 Å². The van der Waals surface area contributed by atoms with Gasteiger partial charge in [0.05, 0.1) is 0 Å². The average molecular weight is 408 g/mol. The van der Waals surface area contributed by atoms with Crippen LogP contribution >= 0.6 is 0 Å². The maximum Gasteiger partial charge on any atom is 0.0141 e. The molecule has 0 aromatic rings. The second kappa shape index (κ2) is 27.5. The van der Waals surface area contributed by atoms with Crippen LogP contribution in [-0.2, 0) is 0 Å². The fourth-order valence-corrected chi connectivity index (χ4v) is 4.07. The monoisotopic (exact) mass is 407 g/mol. The number of hydrogen-bond acceptors (Lipinski definition) is 1. The van der Waals surface area contributed by atoms with Gasteiger partial charge in [-0.05, 0) is 25.5 Å². The molecular weight excluding hydrogens is 350 g/mol. The van der Waals surface area contributed by atoms with Gasteiger partial charge < -0.3 is 5.32 Å². The second-order valence-corrected chi connectivity index (χ2v) is 9.22. The van der Waals surface area contributed by atoms with Gasteiger partial charge in [0.15, 0.2) is 0 Å². The van der Waals surface area contributed by atoms with Gasteiger partial charge in [-0.2, -0.15) is 0 Å². The summed E-state index contributed by atoms with van der Waals surface area (Å²) in [5.74, 6) is 0. The van der Waals surface area contributed by atoms with Crippen molar-refractivity contribution in [2.75, 3.05) is 6.54 Å². The van der Waals surface area contributed by atoms with Gasteiger partial charge in [-0.3, -0.25) is 0 Å². The normalized spacial score (nSPS) is 11.5. The van der Waals surface area contributed by atoms with Crippen LogP contribution < -0.4 is 5.32 Å². The van der Waals surface area contributed by atoms with Crippen LogP contribution in [0.2, 0.25) is 0 Å². The van der Waals surface area contributed by atoms with Crippen molar-refractivity contribution in [3.05, 3.63) is 12.3 Å². The zero-order chi connectivity index (χ0) is 21.1. The summed E-state index contributed by atoms with van der Waals surface area (Å²) < 4.78 is 0. The molecule has 1 N–H and O–H groups in total. The van der Waals surface area contributed by atoms with Crippen molar-refractivity contribution in [2.45, 2.75) is 162 Å². The fourth-order valence-electron chi connectivity index (χ4n) is 4.07. The fraction of sp³-hybridized carbons (Fsp3) is 0.929. The highest BCUT2D eigenvalue weighted by molar-refractivity contribution is 4.79. The SMILES string of the molecule is CCCCCCCCCCCCCCCCC=CNCCCCCCCCCC. The van der Waals surface area contributed by atoms with E-state index in [9.17, 15) is 0 Å². The Morgan fingerprint density at radius 1 is 0.414 bits per heavy atom. The van der Waals surface area contributed by atoms with Gasteiger partial charge >= 0.3 is 0 Å². The molecule has 0 unspecified atom stereocenters. The minimum Gasteiger partial charge on any atom is -0.391 e. The smallest absolute Gasteiger partial charge is 0.0141 e. The summed E-state index contributed by atoms with van der Waals surface area (Å²) in [6.45, 7) is 5.75. The molecule has 0 aliphatic heterocycles. The van der Waals surface area contributed by atoms with Crippen molar-refractivity contribution in [3.8, 4) is 0 Å². The standard InChI is InChI=1S/C28H57N/c1-3-5-7-9-11-13-14-15-16-17-18-19-20-22-24-26-28-29-27-25-23-21-12-10-8-6-4-2/h26,28-29H,3-25,27H2,1-2H3. The maximum atomic E-state index is 3.47. The topological polar surface area (TPSA) is 12.0 Å². The van der Waals surface area contributed by atoms with Crippen LogP contribution in [0, 0.1) is 0 Å². The summed E-state index contributed by atoms with van der Waals surface area (Å²) in [5.41, 5.74) is 0. The molecule has 174 valence electrons. The first-order valence-corrected chi connectivity index (χ1v) is 13.8. The Hall–Kier alpha value is -0.460. The van der Waals surface area contributed by atoms with E-state index in [0.717, 1.165) is 6.54 Å². The molecule has 0 aromatic carbocycles. The summed E-state index contributed by atoms with van der Waals surface area (Å²) in [5, 5.41) is 3.47. The third-order valence-electron chi connectivity index (χ3n) is 6.13. The van der Waals surface area contributed by atoms with Crippen molar-refractivity contribution >= 4 is 0 Å². The highest BCUT2D eigenvalue weighted by atomic mass is 14.8. The highest BCUT2D eigenvalue weighted by Gasteiger charge is 1.94. The Kier molecular flexibility index (Phi) is 27.1. The molecule has 0 saturated heterocycles. The van der Waals surface area contributed by atoms with Crippen molar-refractivity contribution < 1.29 is 0 Å². The number of allylic oxidation sites excluding steroid dienone is 1. The molecule has 0 bridgehead atoms. The minimum atomic E-state index is 1.16. The molecule has 1 nitrogen and oxygen atoms in total. The van der Waals surface area contributed by atoms with E-state index in [1.54, 1.807) is 0 Å². The van der Waals surface area contributed by atoms with E-state index in [2.05, 4.69) is 31.4 Å². The first kappa shape index (κ1) is 28.5. The van der Waals surface area contributed by atoms with Gasteiger partial charge in [-0.25, -0.2) is 0 Å². The molecule has 0 fully saturated rings. The van der Waals surface area contributed by atoms with Crippen LogP contribution in [0.5, 0.6) is 0 Å². The Labute approximate surface area is 185 Å². The van der Waals surface area contributed by atoms with Crippen molar-refractivity contribution in [1.82, 2.24) is 5.32 Å². The lowest BCUT2D eigenvalue weighted by molar-refractivity contribution is 0.536. The van der Waals surface area contributed by atoms with E-state index in [-0.39, 0.29) is 0 Å². The molecular formula is C28H57N. The quantitative estimate of drug-likeness (QED) is 0.148. The maximum absolute atomic E-state index is 3.47. The van der Waals surface area contributed by atoms with Crippen molar-refractivity contribution in [2.24, 2.45) is 0 Å². The van der Waals surface area contributed by atoms with E-state index in [1.807, 2.05) is 0 Å². The zero-order valence-corrected chi connectivity index (χ0v) is 20.6. The summed E-state index contributed by atoms with van der Waals surface area (Å²) in [7, 11) is 0. The van der Waals surface area contributed by atoms with Gasteiger partial charge in [0, 0.05) is 6.54 Å². The molecule has 0 rings (SSSR count). The third kappa shape index (κ3) is 27.5. The molecule has 0 amide bonds. The molecule has 0 radical (unpaired) electrons. The van der Waals surface area contributed by atoms with Crippen LogP contribution in [0.15, 0.2) is 12.3 Å². The van der Waals surface area contributed by atoms with Crippen LogP contribution in [0.4, 0.5) is 0 Å². The van der Waals surface area contributed by atoms with Gasteiger partial charge in [0.25, 0.3) is 0 Å². The van der Waals surface area contributed by atoms with Crippen LogP contribution in [0.25, 0.3) is 0 Å². The average Bonchev–Trinajstić information content (AvgIpc) is 2.74. The van der Waals surface area contributed by atoms with Gasteiger partial charge in [0.1, 0.15) is 0 Å². The molecule has 0 aromatic heterocycles. The van der Waals surface area contributed by atoms with Gasteiger partial charge in [-0.15, -0.1) is 0 Å². The molecule has 0 aliphatic rings. The third-order valence-corrected chi connectivity index (χ3v) is 6.13. The van der Waals surface area contributed by atoms with E-state index >= 15 is 0 Å². The predicted octanol–water partition coefficient (Wildman–Crippen LogP) is 10.1. The summed E-state index contributed by atoms with van der Waals surface area (Å²) in [6, 6.07) is 0. The Morgan fingerprint density at radius 2 is 0.759 bits per heavy atom. The van der Waals surface area contributed by atoms with E-state index in [0.29, 0.717) is 0 Å². The molecule has 1 heteroatoms. The second-order valence-electron chi connectivity index (χ2n) is 9.22. The highest BCUT2D eigenvalue weighted by Crippen LogP contribution is 2.13. The molecule has 0 aliphatic carbocycles. The Bertz CT molecular complexity index is 297. The lowest BCUT2D eigenvalue weighted by Crippen LogP contribution is -2.06. The summed E-state index contributed by atoms with van der Waals surface area (Å²) in [4.78, 5) is 0. The van der Waals surface area contributed by atoms with Crippen molar-refractivity contribution in [3.63, 3.8) is 0 Å². The molecule has 29 heavy (non-hydrogen) atoms. The molecule has 0 heterocycles. The molecule has 0 saturated carbocycles.